The fourth-order valence-electron chi connectivity index (χ4n) is 3.97. The Bertz CT molecular complexity index is 616. The summed E-state index contributed by atoms with van der Waals surface area (Å²) in [6.07, 6.45) is 11.2. The Labute approximate surface area is 141 Å². The Morgan fingerprint density at radius 3 is 2.42 bits per heavy atom. The van der Waals surface area contributed by atoms with Crippen LogP contribution in [-0.2, 0) is 4.79 Å². The third-order valence-electron chi connectivity index (χ3n) is 5.37. The van der Waals surface area contributed by atoms with Gasteiger partial charge in [-0.3, -0.25) is 4.79 Å². The molecule has 1 atom stereocenters. The number of ether oxygens (including phenoxy) is 1. The maximum atomic E-state index is 12.3. The van der Waals surface area contributed by atoms with E-state index in [0.29, 0.717) is 30.6 Å². The minimum Gasteiger partial charge on any atom is -0.491 e. The van der Waals surface area contributed by atoms with Crippen LogP contribution in [0.1, 0.15) is 63.8 Å². The van der Waals surface area contributed by atoms with Gasteiger partial charge in [-0.15, -0.1) is 0 Å². The second-order valence-corrected chi connectivity index (χ2v) is 7.18. The fourth-order valence-corrected chi connectivity index (χ4v) is 3.97. The Balaban J connectivity index is 1.67. The lowest BCUT2D eigenvalue weighted by molar-refractivity contribution is -0.142. The molecule has 0 spiro atoms. The van der Waals surface area contributed by atoms with E-state index >= 15 is 0 Å². The van der Waals surface area contributed by atoms with Crippen molar-refractivity contribution in [3.05, 3.63) is 22.6 Å². The van der Waals surface area contributed by atoms with Gasteiger partial charge in [-0.05, 0) is 31.1 Å². The quantitative estimate of drug-likeness (QED) is 0.829. The minimum atomic E-state index is -0.990. The van der Waals surface area contributed by atoms with E-state index in [1.165, 1.54) is 37.9 Å². The van der Waals surface area contributed by atoms with Crippen LogP contribution < -0.4 is 10.3 Å². The summed E-state index contributed by atoms with van der Waals surface area (Å²) in [6, 6.07) is 0.483. The first-order valence-electron chi connectivity index (χ1n) is 9.08. The summed E-state index contributed by atoms with van der Waals surface area (Å²) in [4.78, 5) is 23.9. The van der Waals surface area contributed by atoms with Crippen LogP contribution in [0.2, 0.25) is 0 Å². The van der Waals surface area contributed by atoms with Crippen molar-refractivity contribution in [1.82, 2.24) is 9.78 Å². The molecule has 1 heterocycles. The van der Waals surface area contributed by atoms with Crippen LogP contribution in [0.4, 0.5) is 0 Å². The predicted octanol–water partition coefficient (Wildman–Crippen LogP) is 3.02. The molecule has 1 aromatic heterocycles. The van der Waals surface area contributed by atoms with E-state index in [2.05, 4.69) is 5.10 Å². The number of carboxylic acid groups (broad SMARTS) is 1. The fraction of sp³-hybridized carbons (Fsp3) is 0.722. The first-order valence-corrected chi connectivity index (χ1v) is 9.08. The zero-order chi connectivity index (χ0) is 16.9. The van der Waals surface area contributed by atoms with Gasteiger partial charge in [-0.2, -0.15) is 5.10 Å². The zero-order valence-corrected chi connectivity index (χ0v) is 14.0. The molecule has 0 aliphatic heterocycles. The van der Waals surface area contributed by atoms with Gasteiger partial charge >= 0.3 is 5.97 Å². The molecular formula is C18H26N2O4. The van der Waals surface area contributed by atoms with Crippen molar-refractivity contribution in [1.29, 1.82) is 0 Å². The summed E-state index contributed by atoms with van der Waals surface area (Å²) in [5.74, 6) is 0.379. The molecule has 1 N–H and O–H groups in total. The summed E-state index contributed by atoms with van der Waals surface area (Å²) in [6.45, 7) is 0.607. The number of hydrogen-bond acceptors (Lipinski definition) is 4. The Kier molecular flexibility index (Phi) is 5.53. The minimum absolute atomic E-state index is 0.373. The highest BCUT2D eigenvalue weighted by molar-refractivity contribution is 5.71. The second kappa shape index (κ2) is 7.81. The van der Waals surface area contributed by atoms with Gasteiger partial charge in [-0.1, -0.05) is 38.5 Å². The average molecular weight is 334 g/mol. The molecule has 2 aliphatic carbocycles. The van der Waals surface area contributed by atoms with Gasteiger partial charge in [-0.25, -0.2) is 9.48 Å². The van der Waals surface area contributed by atoms with E-state index in [4.69, 9.17) is 4.74 Å². The van der Waals surface area contributed by atoms with Crippen molar-refractivity contribution in [3.8, 4) is 5.75 Å². The van der Waals surface area contributed by atoms with Gasteiger partial charge in [0, 0.05) is 6.07 Å². The van der Waals surface area contributed by atoms with E-state index in [1.54, 1.807) is 0 Å². The molecule has 0 saturated heterocycles. The van der Waals surface area contributed by atoms with Gasteiger partial charge in [0.2, 0.25) is 0 Å². The summed E-state index contributed by atoms with van der Waals surface area (Å²) in [7, 11) is 0. The van der Waals surface area contributed by atoms with E-state index in [1.807, 2.05) is 0 Å². The van der Waals surface area contributed by atoms with Crippen molar-refractivity contribution >= 4 is 5.97 Å². The van der Waals surface area contributed by atoms with Crippen LogP contribution in [0.25, 0.3) is 0 Å². The first kappa shape index (κ1) is 17.0. The van der Waals surface area contributed by atoms with Gasteiger partial charge in [0.05, 0.1) is 12.8 Å². The molecule has 6 heteroatoms. The Morgan fingerprint density at radius 1 is 1.21 bits per heavy atom. The summed E-state index contributed by atoms with van der Waals surface area (Å²) in [5, 5.41) is 13.6. The number of rotatable bonds is 7. The molecule has 2 saturated carbocycles. The molecule has 3 rings (SSSR count). The van der Waals surface area contributed by atoms with Crippen molar-refractivity contribution in [3.63, 3.8) is 0 Å². The third kappa shape index (κ3) is 4.16. The van der Waals surface area contributed by atoms with Crippen LogP contribution in [-0.4, -0.2) is 27.5 Å². The van der Waals surface area contributed by atoms with E-state index in [0.717, 1.165) is 30.4 Å². The normalized spacial score (nSPS) is 20.3. The maximum absolute atomic E-state index is 12.3. The zero-order valence-electron chi connectivity index (χ0n) is 14.0. The number of carboxylic acids is 1. The molecular weight excluding hydrogens is 308 g/mol. The number of aliphatic carboxylic acids is 1. The molecule has 1 unspecified atom stereocenters. The van der Waals surface area contributed by atoms with E-state index < -0.39 is 17.6 Å². The summed E-state index contributed by atoms with van der Waals surface area (Å²) >= 11 is 0. The van der Waals surface area contributed by atoms with Crippen molar-refractivity contribution in [2.75, 3.05) is 6.61 Å². The second-order valence-electron chi connectivity index (χ2n) is 7.18. The molecule has 6 nitrogen and oxygen atoms in total. The number of hydrogen-bond donors (Lipinski definition) is 1. The summed E-state index contributed by atoms with van der Waals surface area (Å²) < 4.78 is 6.78. The lowest BCUT2D eigenvalue weighted by Gasteiger charge is -2.18. The highest BCUT2D eigenvalue weighted by Gasteiger charge is 2.28. The first-order chi connectivity index (χ1) is 11.6. The van der Waals surface area contributed by atoms with Crippen LogP contribution in [0, 0.1) is 11.8 Å². The number of nitrogens with zero attached hydrogens (tertiary/aromatic N) is 2. The lowest BCUT2D eigenvalue weighted by Crippen LogP contribution is -2.32. The molecule has 0 amide bonds. The van der Waals surface area contributed by atoms with Crippen molar-refractivity contribution < 1.29 is 14.6 Å². The third-order valence-corrected chi connectivity index (χ3v) is 5.37. The standard InChI is InChI=1S/C18H26N2O4/c21-17-10-15(24-12-14-7-3-4-8-14)11-19-20(17)16(18(22)23)9-13-5-1-2-6-13/h10-11,13-14,16H,1-9,12H2,(H,22,23). The Hall–Kier alpha value is -1.85. The smallest absolute Gasteiger partial charge is 0.328 e. The van der Waals surface area contributed by atoms with Crippen LogP contribution in [0.5, 0.6) is 5.75 Å². The monoisotopic (exact) mass is 334 g/mol. The number of aromatic nitrogens is 2. The molecule has 0 radical (unpaired) electrons. The van der Waals surface area contributed by atoms with Gasteiger partial charge in [0.25, 0.3) is 5.56 Å². The molecule has 1 aromatic rings. The van der Waals surface area contributed by atoms with Crippen molar-refractivity contribution in [2.45, 2.75) is 63.8 Å². The summed E-state index contributed by atoms with van der Waals surface area (Å²) in [5.41, 5.74) is -0.399. The molecule has 2 fully saturated rings. The van der Waals surface area contributed by atoms with Gasteiger partial charge in [0.15, 0.2) is 6.04 Å². The average Bonchev–Trinajstić information content (AvgIpc) is 3.24. The van der Waals surface area contributed by atoms with Gasteiger partial charge < -0.3 is 9.84 Å². The maximum Gasteiger partial charge on any atom is 0.328 e. The highest BCUT2D eigenvalue weighted by Crippen LogP contribution is 2.31. The molecule has 0 aromatic carbocycles. The SMILES string of the molecule is O=C(O)C(CC1CCCC1)n1ncc(OCC2CCCC2)cc1=O. The topological polar surface area (TPSA) is 81.4 Å². The molecule has 0 bridgehead atoms. The highest BCUT2D eigenvalue weighted by atomic mass is 16.5. The van der Waals surface area contributed by atoms with E-state index in [-0.39, 0.29) is 0 Å². The predicted molar refractivity (Wildman–Crippen MR) is 89.2 cm³/mol. The molecule has 2 aliphatic rings. The Morgan fingerprint density at radius 2 is 1.83 bits per heavy atom. The molecule has 132 valence electrons. The molecule has 24 heavy (non-hydrogen) atoms. The van der Waals surface area contributed by atoms with Crippen LogP contribution in [0.3, 0.4) is 0 Å². The largest absolute Gasteiger partial charge is 0.491 e. The lowest BCUT2D eigenvalue weighted by atomic mass is 9.98. The van der Waals surface area contributed by atoms with Crippen LogP contribution >= 0.6 is 0 Å². The van der Waals surface area contributed by atoms with E-state index in [9.17, 15) is 14.7 Å². The number of carbonyl (C=O) groups is 1. The van der Waals surface area contributed by atoms with Gasteiger partial charge in [0.1, 0.15) is 5.75 Å². The van der Waals surface area contributed by atoms with Crippen molar-refractivity contribution in [2.24, 2.45) is 11.8 Å². The van der Waals surface area contributed by atoms with Crippen LogP contribution in [0.15, 0.2) is 17.1 Å².